The number of aromatic nitrogens is 2. The molecule has 0 radical (unpaired) electrons. The lowest BCUT2D eigenvalue weighted by Gasteiger charge is -2.07. The maximum atomic E-state index is 12.4. The van der Waals surface area contributed by atoms with Gasteiger partial charge in [0.2, 0.25) is 5.88 Å². The number of nitrogens with zero attached hydrogens (tertiary/aromatic N) is 2. The molecule has 0 atom stereocenters. The maximum absolute atomic E-state index is 12.4. The van der Waals surface area contributed by atoms with Crippen LogP contribution in [0.25, 0.3) is 11.3 Å². The number of pyridine rings is 1. The Hall–Kier alpha value is -2.93. The molecule has 3 rings (SSSR count). The maximum Gasteiger partial charge on any atom is 0.257 e. The van der Waals surface area contributed by atoms with Crippen molar-refractivity contribution in [3.05, 3.63) is 53.5 Å². The summed E-state index contributed by atoms with van der Waals surface area (Å²) < 4.78 is 11.0. The molecule has 1 amide bonds. The Morgan fingerprint density at radius 1 is 1.15 bits per heavy atom. The number of para-hydroxylation sites is 1. The first-order valence-corrected chi connectivity index (χ1v) is 9.17. The highest BCUT2D eigenvalue weighted by Crippen LogP contribution is 2.32. The fourth-order valence-electron chi connectivity index (χ4n) is 2.36. The quantitative estimate of drug-likeness (QED) is 0.674. The molecule has 0 aliphatic carbocycles. The second-order valence-corrected chi connectivity index (χ2v) is 6.10. The van der Waals surface area contributed by atoms with Crippen LogP contribution in [0, 0.1) is 0 Å². The van der Waals surface area contributed by atoms with Crippen molar-refractivity contribution in [3.8, 4) is 22.9 Å². The summed E-state index contributed by atoms with van der Waals surface area (Å²) in [4.78, 5) is 21.0. The topological polar surface area (TPSA) is 73.3 Å². The lowest BCUT2D eigenvalue weighted by molar-refractivity contribution is 0.102. The van der Waals surface area contributed by atoms with Gasteiger partial charge in [0.25, 0.3) is 5.91 Å². The minimum absolute atomic E-state index is 0.257. The molecule has 1 N–H and O–H groups in total. The van der Waals surface area contributed by atoms with Gasteiger partial charge in [0, 0.05) is 28.8 Å². The molecule has 0 bridgehead atoms. The zero-order valence-corrected chi connectivity index (χ0v) is 15.4. The molecule has 0 fully saturated rings. The van der Waals surface area contributed by atoms with Crippen LogP contribution >= 0.6 is 11.3 Å². The fraction of sp³-hybridized carbons (Fsp3) is 0.211. The highest BCUT2D eigenvalue weighted by atomic mass is 32.1. The lowest BCUT2D eigenvalue weighted by Crippen LogP contribution is -2.12. The third-order valence-electron chi connectivity index (χ3n) is 3.48. The molecule has 0 saturated carbocycles. The zero-order chi connectivity index (χ0) is 18.4. The molecule has 0 aliphatic heterocycles. The van der Waals surface area contributed by atoms with E-state index in [2.05, 4.69) is 15.3 Å². The molecule has 7 heteroatoms. The van der Waals surface area contributed by atoms with Crippen molar-refractivity contribution in [2.45, 2.75) is 13.8 Å². The molecule has 0 aliphatic rings. The molecule has 2 heterocycles. The van der Waals surface area contributed by atoms with Gasteiger partial charge in [-0.1, -0.05) is 12.1 Å². The normalized spacial score (nSPS) is 10.4. The molecule has 0 spiro atoms. The van der Waals surface area contributed by atoms with Crippen molar-refractivity contribution >= 4 is 22.4 Å². The second kappa shape index (κ2) is 8.44. The first kappa shape index (κ1) is 17.9. The number of amides is 1. The van der Waals surface area contributed by atoms with E-state index in [1.165, 1.54) is 11.3 Å². The summed E-state index contributed by atoms with van der Waals surface area (Å²) in [5, 5.41) is 5.23. The van der Waals surface area contributed by atoms with E-state index in [0.717, 1.165) is 17.0 Å². The largest absolute Gasteiger partial charge is 0.493 e. The van der Waals surface area contributed by atoms with E-state index in [1.54, 1.807) is 18.3 Å². The fourth-order valence-corrected chi connectivity index (χ4v) is 3.07. The minimum atomic E-state index is -0.257. The van der Waals surface area contributed by atoms with Crippen LogP contribution in [0.1, 0.15) is 24.2 Å². The molecule has 26 heavy (non-hydrogen) atoms. The van der Waals surface area contributed by atoms with Gasteiger partial charge in [0.05, 0.1) is 18.9 Å². The smallest absolute Gasteiger partial charge is 0.257 e. The number of benzene rings is 1. The van der Waals surface area contributed by atoms with E-state index < -0.39 is 0 Å². The number of ether oxygens (including phenoxy) is 2. The Balaban J connectivity index is 1.76. The Kier molecular flexibility index (Phi) is 5.80. The molecule has 2 aromatic heterocycles. The number of hydrogen-bond acceptors (Lipinski definition) is 6. The van der Waals surface area contributed by atoms with Gasteiger partial charge >= 0.3 is 0 Å². The average Bonchev–Trinajstić information content (AvgIpc) is 3.11. The summed E-state index contributed by atoms with van der Waals surface area (Å²) in [6.45, 7) is 4.88. The van der Waals surface area contributed by atoms with Crippen molar-refractivity contribution < 1.29 is 14.3 Å². The number of carbonyl (C=O) groups excluding carboxylic acids is 1. The summed E-state index contributed by atoms with van der Waals surface area (Å²) in [6.07, 6.45) is 1.55. The highest BCUT2D eigenvalue weighted by molar-refractivity contribution is 7.14. The Bertz CT molecular complexity index is 895. The van der Waals surface area contributed by atoms with Crippen molar-refractivity contribution in [3.63, 3.8) is 0 Å². The van der Waals surface area contributed by atoms with Gasteiger partial charge in [-0.25, -0.2) is 9.97 Å². The summed E-state index contributed by atoms with van der Waals surface area (Å²) in [5.74, 6) is 0.937. The molecule has 6 nitrogen and oxygen atoms in total. The monoisotopic (exact) mass is 369 g/mol. The Morgan fingerprint density at radius 2 is 1.96 bits per heavy atom. The van der Waals surface area contributed by atoms with Gasteiger partial charge < -0.3 is 9.47 Å². The first-order valence-electron chi connectivity index (χ1n) is 8.29. The summed E-state index contributed by atoms with van der Waals surface area (Å²) in [5.41, 5.74) is 2.13. The number of nitrogens with one attached hydrogen (secondary N) is 1. The van der Waals surface area contributed by atoms with Gasteiger partial charge in [-0.05, 0) is 32.0 Å². The molecule has 0 unspecified atom stereocenters. The standard InChI is InChI=1S/C19H19N3O3S/c1-3-24-16-8-6-5-7-14(16)15-12-26-19(21-15)22-18(23)13-9-10-20-17(11-13)25-4-2/h5-12H,3-4H2,1-2H3,(H,21,22,23). The number of rotatable bonds is 7. The first-order chi connectivity index (χ1) is 12.7. The Labute approximate surface area is 155 Å². The average molecular weight is 369 g/mol. The summed E-state index contributed by atoms with van der Waals surface area (Å²) in [7, 11) is 0. The SMILES string of the molecule is CCOc1cc(C(=O)Nc2nc(-c3ccccc3OCC)cs2)ccn1. The molecule has 1 aromatic carbocycles. The van der Waals surface area contributed by atoms with E-state index in [1.807, 2.05) is 43.5 Å². The molecule has 0 saturated heterocycles. The highest BCUT2D eigenvalue weighted by Gasteiger charge is 2.13. The Morgan fingerprint density at radius 3 is 2.77 bits per heavy atom. The van der Waals surface area contributed by atoms with E-state index >= 15 is 0 Å². The van der Waals surface area contributed by atoms with Crippen LogP contribution in [-0.4, -0.2) is 29.1 Å². The van der Waals surface area contributed by atoms with Gasteiger partial charge in [-0.15, -0.1) is 11.3 Å². The minimum Gasteiger partial charge on any atom is -0.493 e. The van der Waals surface area contributed by atoms with Gasteiger partial charge in [-0.3, -0.25) is 10.1 Å². The second-order valence-electron chi connectivity index (χ2n) is 5.24. The van der Waals surface area contributed by atoms with Gasteiger partial charge in [0.1, 0.15) is 5.75 Å². The summed E-state index contributed by atoms with van der Waals surface area (Å²) >= 11 is 1.36. The van der Waals surface area contributed by atoms with Crippen LogP contribution in [0.4, 0.5) is 5.13 Å². The molecule has 3 aromatic rings. The predicted octanol–water partition coefficient (Wildman–Crippen LogP) is 4.25. The zero-order valence-electron chi connectivity index (χ0n) is 14.6. The third kappa shape index (κ3) is 4.18. The van der Waals surface area contributed by atoms with Crippen LogP contribution < -0.4 is 14.8 Å². The van der Waals surface area contributed by atoms with Crippen molar-refractivity contribution in [2.75, 3.05) is 18.5 Å². The van der Waals surface area contributed by atoms with E-state index in [-0.39, 0.29) is 5.91 Å². The van der Waals surface area contributed by atoms with E-state index in [0.29, 0.717) is 29.8 Å². The number of anilines is 1. The summed E-state index contributed by atoms with van der Waals surface area (Å²) in [6, 6.07) is 10.9. The number of thiazole rings is 1. The van der Waals surface area contributed by atoms with Crippen LogP contribution in [0.15, 0.2) is 48.0 Å². The number of carbonyl (C=O) groups is 1. The van der Waals surface area contributed by atoms with Gasteiger partial charge in [0.15, 0.2) is 5.13 Å². The van der Waals surface area contributed by atoms with Crippen LogP contribution in [-0.2, 0) is 0 Å². The van der Waals surface area contributed by atoms with E-state index in [4.69, 9.17) is 9.47 Å². The van der Waals surface area contributed by atoms with Crippen molar-refractivity contribution in [1.29, 1.82) is 0 Å². The lowest BCUT2D eigenvalue weighted by atomic mass is 10.1. The van der Waals surface area contributed by atoms with E-state index in [9.17, 15) is 4.79 Å². The van der Waals surface area contributed by atoms with Crippen molar-refractivity contribution in [1.82, 2.24) is 9.97 Å². The third-order valence-corrected chi connectivity index (χ3v) is 4.23. The van der Waals surface area contributed by atoms with Crippen molar-refractivity contribution in [2.24, 2.45) is 0 Å². The van der Waals surface area contributed by atoms with Gasteiger partial charge in [-0.2, -0.15) is 0 Å². The predicted molar refractivity (Wildman–Crippen MR) is 102 cm³/mol. The van der Waals surface area contributed by atoms with Crippen LogP contribution in [0.2, 0.25) is 0 Å². The molecule has 134 valence electrons. The molecular weight excluding hydrogens is 350 g/mol. The number of hydrogen-bond donors (Lipinski definition) is 1. The van der Waals surface area contributed by atoms with Crippen LogP contribution in [0.3, 0.4) is 0 Å². The van der Waals surface area contributed by atoms with Crippen LogP contribution in [0.5, 0.6) is 11.6 Å². The molecular formula is C19H19N3O3S.